The average molecular weight is 365 g/mol. The molecule has 2 aliphatic rings. The number of hydrogen-bond acceptors (Lipinski definition) is 4. The van der Waals surface area contributed by atoms with Crippen molar-refractivity contribution in [3.63, 3.8) is 0 Å². The fraction of sp³-hybridized carbons (Fsp3) is 0.529. The SMILES string of the molecule is NS(=O)(=O)c1ccc(CCNC(=O)C2(C(=O)N3CCCC3)CC2)cc1. The Bertz CT molecular complexity index is 764. The molecule has 1 aliphatic carbocycles. The van der Waals surface area contributed by atoms with Gasteiger partial charge in [-0.3, -0.25) is 9.59 Å². The van der Waals surface area contributed by atoms with E-state index in [4.69, 9.17) is 5.14 Å². The Morgan fingerprint density at radius 3 is 2.24 bits per heavy atom. The maximum atomic E-state index is 12.5. The van der Waals surface area contributed by atoms with E-state index in [0.717, 1.165) is 31.5 Å². The van der Waals surface area contributed by atoms with E-state index >= 15 is 0 Å². The van der Waals surface area contributed by atoms with E-state index < -0.39 is 15.4 Å². The van der Waals surface area contributed by atoms with Crippen LogP contribution in [-0.2, 0) is 26.0 Å². The lowest BCUT2D eigenvalue weighted by atomic mass is 10.0. The third-order valence-corrected chi connectivity index (χ3v) is 5.87. The summed E-state index contributed by atoms with van der Waals surface area (Å²) in [6.45, 7) is 1.91. The van der Waals surface area contributed by atoms with E-state index in [-0.39, 0.29) is 16.7 Å². The van der Waals surface area contributed by atoms with E-state index in [9.17, 15) is 18.0 Å². The van der Waals surface area contributed by atoms with Gasteiger partial charge < -0.3 is 10.2 Å². The first-order valence-electron chi connectivity index (χ1n) is 8.52. The van der Waals surface area contributed by atoms with E-state index in [0.29, 0.717) is 25.8 Å². The van der Waals surface area contributed by atoms with Crippen LogP contribution in [-0.4, -0.2) is 44.8 Å². The summed E-state index contributed by atoms with van der Waals surface area (Å²) in [6, 6.07) is 6.25. The van der Waals surface area contributed by atoms with Crippen molar-refractivity contribution in [3.05, 3.63) is 29.8 Å². The lowest BCUT2D eigenvalue weighted by Crippen LogP contribution is -2.44. The molecule has 7 nitrogen and oxygen atoms in total. The number of benzene rings is 1. The van der Waals surface area contributed by atoms with Crippen LogP contribution in [0.3, 0.4) is 0 Å². The largest absolute Gasteiger partial charge is 0.355 e. The summed E-state index contributed by atoms with van der Waals surface area (Å²) in [4.78, 5) is 26.8. The Morgan fingerprint density at radius 2 is 1.72 bits per heavy atom. The van der Waals surface area contributed by atoms with Gasteiger partial charge in [0.15, 0.2) is 0 Å². The van der Waals surface area contributed by atoms with Gasteiger partial charge in [-0.2, -0.15) is 0 Å². The molecule has 136 valence electrons. The molecule has 1 heterocycles. The fourth-order valence-corrected chi connectivity index (χ4v) is 3.74. The number of amides is 2. The van der Waals surface area contributed by atoms with E-state index in [2.05, 4.69) is 5.32 Å². The molecular formula is C17H23N3O4S. The number of rotatable bonds is 6. The number of carbonyl (C=O) groups is 2. The third-order valence-electron chi connectivity index (χ3n) is 4.94. The first kappa shape index (κ1) is 17.9. The highest BCUT2D eigenvalue weighted by atomic mass is 32.2. The summed E-state index contributed by atoms with van der Waals surface area (Å²) in [7, 11) is -3.69. The number of hydrogen-bond donors (Lipinski definition) is 2. The van der Waals surface area contributed by atoms with Gasteiger partial charge >= 0.3 is 0 Å². The molecule has 1 aromatic rings. The molecule has 3 N–H and O–H groups in total. The van der Waals surface area contributed by atoms with Gasteiger partial charge in [-0.1, -0.05) is 12.1 Å². The van der Waals surface area contributed by atoms with Crippen LogP contribution in [0, 0.1) is 5.41 Å². The quantitative estimate of drug-likeness (QED) is 0.711. The van der Waals surface area contributed by atoms with Gasteiger partial charge in [-0.25, -0.2) is 13.6 Å². The smallest absolute Gasteiger partial charge is 0.238 e. The first-order chi connectivity index (χ1) is 11.8. The molecule has 1 saturated heterocycles. The normalized spacial score (nSPS) is 18.8. The molecule has 0 unspecified atom stereocenters. The maximum absolute atomic E-state index is 12.5. The van der Waals surface area contributed by atoms with Crippen molar-refractivity contribution in [2.75, 3.05) is 19.6 Å². The van der Waals surface area contributed by atoms with Crippen molar-refractivity contribution in [1.82, 2.24) is 10.2 Å². The highest BCUT2D eigenvalue weighted by Crippen LogP contribution is 2.47. The zero-order chi connectivity index (χ0) is 18.1. The molecule has 1 aliphatic heterocycles. The summed E-state index contributed by atoms with van der Waals surface area (Å²) >= 11 is 0. The highest BCUT2D eigenvalue weighted by Gasteiger charge is 2.57. The monoisotopic (exact) mass is 365 g/mol. The van der Waals surface area contributed by atoms with Crippen molar-refractivity contribution in [1.29, 1.82) is 0 Å². The predicted molar refractivity (Wildman–Crippen MR) is 92.0 cm³/mol. The summed E-state index contributed by atoms with van der Waals surface area (Å²) in [5, 5.41) is 7.91. The van der Waals surface area contributed by atoms with Crippen LogP contribution >= 0.6 is 0 Å². The van der Waals surface area contributed by atoms with Crippen molar-refractivity contribution < 1.29 is 18.0 Å². The molecule has 25 heavy (non-hydrogen) atoms. The average Bonchev–Trinajstić information content (AvgIpc) is 3.21. The molecular weight excluding hydrogens is 342 g/mol. The molecule has 0 bridgehead atoms. The molecule has 0 radical (unpaired) electrons. The Hall–Kier alpha value is -1.93. The summed E-state index contributed by atoms with van der Waals surface area (Å²) in [5.74, 6) is -0.217. The van der Waals surface area contributed by atoms with Crippen LogP contribution in [0.2, 0.25) is 0 Å². The second-order valence-electron chi connectivity index (χ2n) is 6.78. The van der Waals surface area contributed by atoms with Gasteiger partial charge in [0.2, 0.25) is 21.8 Å². The lowest BCUT2D eigenvalue weighted by Gasteiger charge is -2.22. The van der Waals surface area contributed by atoms with Crippen molar-refractivity contribution in [3.8, 4) is 0 Å². The summed E-state index contributed by atoms with van der Waals surface area (Å²) in [6.07, 6.45) is 3.83. The van der Waals surface area contributed by atoms with Crippen LogP contribution in [0.5, 0.6) is 0 Å². The zero-order valence-corrected chi connectivity index (χ0v) is 14.8. The van der Waals surface area contributed by atoms with Crippen LogP contribution in [0.1, 0.15) is 31.2 Å². The van der Waals surface area contributed by atoms with E-state index in [1.165, 1.54) is 12.1 Å². The third kappa shape index (κ3) is 3.85. The minimum Gasteiger partial charge on any atom is -0.355 e. The van der Waals surface area contributed by atoms with Gasteiger partial charge in [0, 0.05) is 19.6 Å². The number of carbonyl (C=O) groups excluding carboxylic acids is 2. The fourth-order valence-electron chi connectivity index (χ4n) is 3.22. The molecule has 0 atom stereocenters. The maximum Gasteiger partial charge on any atom is 0.238 e. The predicted octanol–water partition coefficient (Wildman–Crippen LogP) is 0.395. The number of primary sulfonamides is 1. The van der Waals surface area contributed by atoms with Gasteiger partial charge in [0.1, 0.15) is 5.41 Å². The zero-order valence-electron chi connectivity index (χ0n) is 14.0. The standard InChI is InChI=1S/C17H23N3O4S/c18-25(23,24)14-5-3-13(4-6-14)7-10-19-15(21)17(8-9-17)16(22)20-11-1-2-12-20/h3-6H,1-2,7-12H2,(H,19,21)(H2,18,23,24). The number of nitrogens with two attached hydrogens (primary N) is 1. The second kappa shape index (κ2) is 6.76. The summed E-state index contributed by atoms with van der Waals surface area (Å²) in [5.41, 5.74) is 0.0466. The van der Waals surface area contributed by atoms with Crippen LogP contribution in [0.4, 0.5) is 0 Å². The van der Waals surface area contributed by atoms with Crippen LogP contribution in [0.25, 0.3) is 0 Å². The minimum absolute atomic E-state index is 0.0278. The van der Waals surface area contributed by atoms with E-state index in [1.807, 2.05) is 0 Å². The molecule has 1 aromatic carbocycles. The molecule has 0 spiro atoms. The number of nitrogens with zero attached hydrogens (tertiary/aromatic N) is 1. The van der Waals surface area contributed by atoms with Crippen LogP contribution < -0.4 is 10.5 Å². The molecule has 0 aromatic heterocycles. The number of likely N-dealkylation sites (tertiary alicyclic amines) is 1. The van der Waals surface area contributed by atoms with Crippen molar-refractivity contribution in [2.24, 2.45) is 10.6 Å². The topological polar surface area (TPSA) is 110 Å². The molecule has 8 heteroatoms. The molecule has 2 amide bonds. The second-order valence-corrected chi connectivity index (χ2v) is 8.34. The Labute approximate surface area is 147 Å². The number of sulfonamides is 1. The van der Waals surface area contributed by atoms with Gasteiger partial charge in [-0.05, 0) is 49.8 Å². The van der Waals surface area contributed by atoms with Gasteiger partial charge in [0.05, 0.1) is 4.90 Å². The Morgan fingerprint density at radius 1 is 1.12 bits per heavy atom. The Balaban J connectivity index is 1.52. The van der Waals surface area contributed by atoms with Crippen molar-refractivity contribution in [2.45, 2.75) is 37.0 Å². The highest BCUT2D eigenvalue weighted by molar-refractivity contribution is 7.89. The van der Waals surface area contributed by atoms with Gasteiger partial charge in [0.25, 0.3) is 0 Å². The van der Waals surface area contributed by atoms with E-state index in [1.54, 1.807) is 17.0 Å². The first-order valence-corrected chi connectivity index (χ1v) is 10.1. The number of nitrogens with one attached hydrogen (secondary N) is 1. The molecule has 1 saturated carbocycles. The summed E-state index contributed by atoms with van der Waals surface area (Å²) < 4.78 is 22.4. The lowest BCUT2D eigenvalue weighted by molar-refractivity contribution is -0.143. The molecule has 2 fully saturated rings. The molecule has 3 rings (SSSR count). The van der Waals surface area contributed by atoms with Gasteiger partial charge in [-0.15, -0.1) is 0 Å². The Kier molecular flexibility index (Phi) is 4.83. The van der Waals surface area contributed by atoms with Crippen molar-refractivity contribution >= 4 is 21.8 Å². The minimum atomic E-state index is -3.69. The van der Waals surface area contributed by atoms with Crippen LogP contribution in [0.15, 0.2) is 29.2 Å².